The summed E-state index contributed by atoms with van der Waals surface area (Å²) >= 11 is 1.14. The van der Waals surface area contributed by atoms with Gasteiger partial charge in [-0.2, -0.15) is 0 Å². The molecule has 0 unspecified atom stereocenters. The molecule has 0 saturated heterocycles. The fourth-order valence-corrected chi connectivity index (χ4v) is 4.90. The van der Waals surface area contributed by atoms with Gasteiger partial charge in [0.25, 0.3) is 0 Å². The molecule has 2 heterocycles. The minimum Gasteiger partial charge on any atom is -1.00 e. The Morgan fingerprint density at radius 1 is 1.13 bits per heavy atom. The molecule has 4 nitrogen and oxygen atoms in total. The molecule has 2 aromatic carbocycles. The fraction of sp³-hybridized carbons (Fsp3) is 0.280. The van der Waals surface area contributed by atoms with Crippen LogP contribution in [0.4, 0.5) is 0 Å². The smallest absolute Gasteiger partial charge is 1.00 e. The van der Waals surface area contributed by atoms with E-state index in [-0.39, 0.29) is 32.2 Å². The summed E-state index contributed by atoms with van der Waals surface area (Å²) in [6.45, 7) is 3.69. The molecule has 4 aromatic rings. The topological polar surface area (TPSA) is 44.1 Å². The van der Waals surface area contributed by atoms with Crippen LogP contribution in [0.3, 0.4) is 0 Å². The van der Waals surface area contributed by atoms with Crippen molar-refractivity contribution in [2.75, 3.05) is 0 Å². The second kappa shape index (κ2) is 8.74. The Hall–Kier alpha value is -2.19. The van der Waals surface area contributed by atoms with Crippen molar-refractivity contribution >= 4 is 39.8 Å². The van der Waals surface area contributed by atoms with Gasteiger partial charge in [-0.3, -0.25) is 9.78 Å². The molecule has 0 spiro atoms. The van der Waals surface area contributed by atoms with E-state index >= 15 is 0 Å². The first kappa shape index (κ1) is 22.0. The van der Waals surface area contributed by atoms with Gasteiger partial charge in [-0.25, -0.2) is 0 Å². The standard InChI is InChI=1S/C25H24N2O2S.Li.H/c1-15(2)25(28)29-30-24-22(23-21(27(24)3)9-6-14-26-23)20-13-12-17(16-10-11-16)18-7-4-5-8-19(18)20;;/h4-9,12-16H,10-11H2,1-3H3;;/q;+1;-1. The minimum atomic E-state index is -0.224. The van der Waals surface area contributed by atoms with Crippen molar-refractivity contribution in [3.05, 3.63) is 60.3 Å². The van der Waals surface area contributed by atoms with Gasteiger partial charge in [0.05, 0.1) is 17.0 Å². The third-order valence-electron chi connectivity index (χ3n) is 5.82. The summed E-state index contributed by atoms with van der Waals surface area (Å²) in [4.78, 5) is 16.9. The van der Waals surface area contributed by atoms with Gasteiger partial charge in [-0.15, -0.1) is 0 Å². The van der Waals surface area contributed by atoms with Crippen molar-refractivity contribution in [1.82, 2.24) is 9.55 Å². The van der Waals surface area contributed by atoms with Gasteiger partial charge in [0.15, 0.2) is 0 Å². The Balaban J connectivity index is 0.00000144. The molecule has 0 atom stereocenters. The van der Waals surface area contributed by atoms with E-state index in [9.17, 15) is 4.79 Å². The number of aryl methyl sites for hydroxylation is 1. The second-order valence-corrected chi connectivity index (χ2v) is 8.99. The third kappa shape index (κ3) is 3.91. The van der Waals surface area contributed by atoms with Crippen molar-refractivity contribution < 1.29 is 29.3 Å². The Labute approximate surface area is 200 Å². The summed E-state index contributed by atoms with van der Waals surface area (Å²) in [5.41, 5.74) is 5.52. The molecule has 0 aliphatic heterocycles. The molecule has 5 rings (SSSR count). The SMILES string of the molecule is CC(C)C(=O)OSc1c(-c2ccc(C3CC3)c3ccccc23)c2ncccc2n1C.[H-].[Li+]. The Morgan fingerprint density at radius 3 is 2.58 bits per heavy atom. The molecule has 0 amide bonds. The van der Waals surface area contributed by atoms with E-state index in [2.05, 4.69) is 47.0 Å². The monoisotopic (exact) mass is 424 g/mol. The molecule has 0 bridgehead atoms. The van der Waals surface area contributed by atoms with Gasteiger partial charge in [0.1, 0.15) is 17.1 Å². The molecular weight excluding hydrogens is 399 g/mol. The van der Waals surface area contributed by atoms with E-state index in [0.29, 0.717) is 5.92 Å². The number of rotatable bonds is 5. The van der Waals surface area contributed by atoms with E-state index in [0.717, 1.165) is 39.2 Å². The van der Waals surface area contributed by atoms with Crippen molar-refractivity contribution in [3.8, 4) is 11.1 Å². The maximum Gasteiger partial charge on any atom is 1.00 e. The molecule has 1 aliphatic carbocycles. The fourth-order valence-electron chi connectivity index (χ4n) is 4.05. The van der Waals surface area contributed by atoms with Gasteiger partial charge in [-0.1, -0.05) is 50.2 Å². The summed E-state index contributed by atoms with van der Waals surface area (Å²) in [5.74, 6) is 0.279. The van der Waals surface area contributed by atoms with Gasteiger partial charge < -0.3 is 10.2 Å². The summed E-state index contributed by atoms with van der Waals surface area (Å²) < 4.78 is 7.64. The molecule has 0 radical (unpaired) electrons. The van der Waals surface area contributed by atoms with Crippen LogP contribution >= 0.6 is 12.0 Å². The van der Waals surface area contributed by atoms with Crippen LogP contribution in [-0.4, -0.2) is 15.5 Å². The Bertz CT molecular complexity index is 1280. The molecule has 31 heavy (non-hydrogen) atoms. The first-order valence-corrected chi connectivity index (χ1v) is 11.1. The van der Waals surface area contributed by atoms with Crippen molar-refractivity contribution in [3.63, 3.8) is 0 Å². The number of carbonyl (C=O) groups is 1. The molecule has 1 saturated carbocycles. The van der Waals surface area contributed by atoms with Gasteiger partial charge in [0.2, 0.25) is 0 Å². The summed E-state index contributed by atoms with van der Waals surface area (Å²) in [6, 6.07) is 17.1. The average molecular weight is 424 g/mol. The van der Waals surface area contributed by atoms with Gasteiger partial charge in [-0.05, 0) is 52.8 Å². The molecule has 2 aromatic heterocycles. The predicted molar refractivity (Wildman–Crippen MR) is 124 cm³/mol. The second-order valence-electron chi connectivity index (χ2n) is 8.27. The largest absolute Gasteiger partial charge is 1.00 e. The maximum absolute atomic E-state index is 12.2. The van der Waals surface area contributed by atoms with Crippen molar-refractivity contribution in [2.45, 2.75) is 37.6 Å². The predicted octanol–water partition coefficient (Wildman–Crippen LogP) is 3.59. The minimum absolute atomic E-state index is 0. The van der Waals surface area contributed by atoms with E-state index in [1.54, 1.807) is 0 Å². The molecule has 154 valence electrons. The summed E-state index contributed by atoms with van der Waals surface area (Å²) in [5, 5.41) is 3.42. The summed E-state index contributed by atoms with van der Waals surface area (Å²) in [6.07, 6.45) is 4.36. The Morgan fingerprint density at radius 2 is 1.87 bits per heavy atom. The quantitative estimate of drug-likeness (QED) is 0.363. The normalized spacial score (nSPS) is 13.5. The van der Waals surface area contributed by atoms with Crippen molar-refractivity contribution in [1.29, 1.82) is 0 Å². The van der Waals surface area contributed by atoms with E-state index < -0.39 is 0 Å². The van der Waals surface area contributed by atoms with Crippen molar-refractivity contribution in [2.24, 2.45) is 13.0 Å². The third-order valence-corrected chi connectivity index (χ3v) is 6.70. The number of fused-ring (bicyclic) bond motifs is 2. The van der Waals surface area contributed by atoms with Gasteiger partial charge in [0, 0.05) is 18.8 Å². The van der Waals surface area contributed by atoms with E-state index in [1.165, 1.54) is 29.2 Å². The van der Waals surface area contributed by atoms with Crippen LogP contribution in [0.15, 0.2) is 59.8 Å². The van der Waals surface area contributed by atoms with Crippen LogP contribution in [0.5, 0.6) is 0 Å². The van der Waals surface area contributed by atoms with Gasteiger partial charge >= 0.3 is 24.8 Å². The zero-order valence-corrected chi connectivity index (χ0v) is 19.2. The summed E-state index contributed by atoms with van der Waals surface area (Å²) in [7, 11) is 2.00. The average Bonchev–Trinajstić information content (AvgIpc) is 3.57. The van der Waals surface area contributed by atoms with Crippen LogP contribution < -0.4 is 18.9 Å². The molecule has 1 aliphatic rings. The van der Waals surface area contributed by atoms with E-state index in [4.69, 9.17) is 9.17 Å². The van der Waals surface area contributed by atoms with Crippen LogP contribution in [0.25, 0.3) is 32.9 Å². The molecule has 0 N–H and O–H groups in total. The van der Waals surface area contributed by atoms with Crippen LogP contribution in [-0.2, 0) is 16.0 Å². The molecule has 6 heteroatoms. The number of carbonyl (C=O) groups excluding carboxylic acids is 1. The number of nitrogens with zero attached hydrogens (tertiary/aromatic N) is 2. The van der Waals surface area contributed by atoms with Crippen LogP contribution in [0, 0.1) is 5.92 Å². The number of hydrogen-bond donors (Lipinski definition) is 0. The number of aromatic nitrogens is 2. The zero-order valence-electron chi connectivity index (χ0n) is 19.4. The zero-order chi connectivity index (χ0) is 20.8. The van der Waals surface area contributed by atoms with Crippen LogP contribution in [0.2, 0.25) is 0 Å². The molecule has 1 fully saturated rings. The maximum atomic E-state index is 12.2. The Kier molecular flexibility index (Phi) is 6.21. The number of hydrogen-bond acceptors (Lipinski definition) is 4. The number of benzene rings is 2. The number of pyridine rings is 1. The van der Waals surface area contributed by atoms with E-state index in [1.807, 2.05) is 33.2 Å². The first-order valence-electron chi connectivity index (χ1n) is 10.4. The first-order chi connectivity index (χ1) is 14.6. The molecular formula is C25H25LiN2O2S. The van der Waals surface area contributed by atoms with Crippen LogP contribution in [0.1, 0.15) is 39.6 Å².